The zero-order chi connectivity index (χ0) is 15.8. The van der Waals surface area contributed by atoms with E-state index in [4.69, 9.17) is 4.42 Å². The van der Waals surface area contributed by atoms with Crippen LogP contribution < -0.4 is 5.32 Å². The Morgan fingerprint density at radius 1 is 1.32 bits per heavy atom. The van der Waals surface area contributed by atoms with Crippen LogP contribution in [0.4, 0.5) is 0 Å². The topological polar surface area (TPSA) is 68.0 Å². The number of rotatable bonds is 8. The summed E-state index contributed by atoms with van der Waals surface area (Å²) in [5.74, 6) is 1.21. The molecule has 1 N–H and O–H groups in total. The highest BCUT2D eigenvalue weighted by molar-refractivity contribution is 7.99. The van der Waals surface area contributed by atoms with Gasteiger partial charge in [0.05, 0.1) is 5.75 Å². The minimum atomic E-state index is -0.00995. The summed E-state index contributed by atoms with van der Waals surface area (Å²) in [6.07, 6.45) is 1.62. The van der Waals surface area contributed by atoms with Crippen LogP contribution in [0.5, 0.6) is 0 Å². The molecule has 0 aliphatic carbocycles. The van der Waals surface area contributed by atoms with Gasteiger partial charge in [-0.05, 0) is 17.9 Å². The maximum Gasteiger partial charge on any atom is 0.277 e. The van der Waals surface area contributed by atoms with Gasteiger partial charge in [0.1, 0.15) is 0 Å². The number of benzene rings is 1. The smallest absolute Gasteiger partial charge is 0.277 e. The van der Waals surface area contributed by atoms with Gasteiger partial charge in [0, 0.05) is 13.0 Å². The zero-order valence-corrected chi connectivity index (χ0v) is 13.7. The van der Waals surface area contributed by atoms with E-state index in [-0.39, 0.29) is 5.91 Å². The fourth-order valence-corrected chi connectivity index (χ4v) is 2.59. The van der Waals surface area contributed by atoms with Crippen molar-refractivity contribution in [2.45, 2.75) is 37.8 Å². The Kier molecular flexibility index (Phi) is 6.45. The lowest BCUT2D eigenvalue weighted by molar-refractivity contribution is -0.118. The molecule has 22 heavy (non-hydrogen) atoms. The second kappa shape index (κ2) is 8.58. The maximum atomic E-state index is 11.5. The third kappa shape index (κ3) is 5.18. The first-order valence-electron chi connectivity index (χ1n) is 7.46. The Hall–Kier alpha value is -1.82. The Bertz CT molecular complexity index is 586. The third-order valence-electron chi connectivity index (χ3n) is 3.20. The Morgan fingerprint density at radius 2 is 2.09 bits per heavy atom. The lowest BCUT2D eigenvalue weighted by atomic mass is 9.98. The van der Waals surface area contributed by atoms with Crippen LogP contribution >= 0.6 is 11.8 Å². The number of thioether (sulfide) groups is 1. The van der Waals surface area contributed by atoms with Crippen LogP contribution in [0, 0.1) is 0 Å². The maximum absolute atomic E-state index is 11.5. The summed E-state index contributed by atoms with van der Waals surface area (Å²) >= 11 is 1.27. The number of carbonyl (C=O) groups excluding carboxylic acids is 1. The zero-order valence-electron chi connectivity index (χ0n) is 12.9. The highest BCUT2D eigenvalue weighted by atomic mass is 32.2. The summed E-state index contributed by atoms with van der Waals surface area (Å²) in [6.45, 7) is 4.85. The highest BCUT2D eigenvalue weighted by Crippen LogP contribution is 2.22. The summed E-state index contributed by atoms with van der Waals surface area (Å²) in [5.41, 5.74) is 1.24. The van der Waals surface area contributed by atoms with E-state index in [0.717, 1.165) is 6.42 Å². The van der Waals surface area contributed by atoms with Crippen molar-refractivity contribution in [2.24, 2.45) is 0 Å². The molecule has 0 bridgehead atoms. The molecule has 0 saturated heterocycles. The number of aromatic nitrogens is 2. The van der Waals surface area contributed by atoms with Crippen molar-refractivity contribution in [3.63, 3.8) is 0 Å². The first-order chi connectivity index (χ1) is 10.7. The van der Waals surface area contributed by atoms with Gasteiger partial charge < -0.3 is 9.73 Å². The van der Waals surface area contributed by atoms with E-state index in [2.05, 4.69) is 34.6 Å². The number of nitrogens with one attached hydrogen (secondary N) is 1. The lowest BCUT2D eigenvalue weighted by Crippen LogP contribution is -2.25. The molecular weight excluding hydrogens is 298 g/mol. The normalized spacial score (nSPS) is 12.1. The fraction of sp³-hybridized carbons (Fsp3) is 0.438. The number of hydrogen-bond donors (Lipinski definition) is 1. The molecule has 1 aromatic carbocycles. The lowest BCUT2D eigenvalue weighted by Gasteiger charge is -2.08. The van der Waals surface area contributed by atoms with Gasteiger partial charge in [-0.15, -0.1) is 10.2 Å². The standard InChI is InChI=1S/C16H21N3O2S/c1-3-9-17-14(20)11-22-16-19-18-15(21-16)10-12(2)13-7-5-4-6-8-13/h4-8,12H,3,9-11H2,1-2H3,(H,17,20). The summed E-state index contributed by atoms with van der Waals surface area (Å²) < 4.78 is 5.59. The molecule has 2 rings (SSSR count). The van der Waals surface area contributed by atoms with Gasteiger partial charge >= 0.3 is 0 Å². The van der Waals surface area contributed by atoms with Crippen molar-refractivity contribution in [3.05, 3.63) is 41.8 Å². The molecule has 5 nitrogen and oxygen atoms in total. The summed E-state index contributed by atoms with van der Waals surface area (Å²) in [5, 5.41) is 11.3. The van der Waals surface area contributed by atoms with Crippen LogP contribution in [0.25, 0.3) is 0 Å². The molecule has 0 aliphatic heterocycles. The number of carbonyl (C=O) groups is 1. The van der Waals surface area contributed by atoms with E-state index in [1.54, 1.807) is 0 Å². The molecular formula is C16H21N3O2S. The molecule has 0 radical (unpaired) electrons. The number of nitrogens with zero attached hydrogens (tertiary/aromatic N) is 2. The third-order valence-corrected chi connectivity index (χ3v) is 4.02. The summed E-state index contributed by atoms with van der Waals surface area (Å²) in [4.78, 5) is 11.5. The van der Waals surface area contributed by atoms with Crippen molar-refractivity contribution in [1.29, 1.82) is 0 Å². The highest BCUT2D eigenvalue weighted by Gasteiger charge is 2.13. The van der Waals surface area contributed by atoms with Crippen LogP contribution in [-0.2, 0) is 11.2 Å². The summed E-state index contributed by atoms with van der Waals surface area (Å²) in [7, 11) is 0. The predicted octanol–water partition coefficient (Wildman–Crippen LogP) is 3.03. The van der Waals surface area contributed by atoms with Crippen molar-refractivity contribution in [1.82, 2.24) is 15.5 Å². The predicted molar refractivity (Wildman–Crippen MR) is 86.9 cm³/mol. The van der Waals surface area contributed by atoms with Gasteiger partial charge in [0.2, 0.25) is 11.8 Å². The first-order valence-corrected chi connectivity index (χ1v) is 8.44. The minimum Gasteiger partial charge on any atom is -0.416 e. The molecule has 2 aromatic rings. The van der Waals surface area contributed by atoms with Crippen molar-refractivity contribution in [3.8, 4) is 0 Å². The second-order valence-electron chi connectivity index (χ2n) is 5.12. The molecule has 1 aromatic heterocycles. The molecule has 1 amide bonds. The Labute approximate surface area is 134 Å². The largest absolute Gasteiger partial charge is 0.416 e. The molecule has 6 heteroatoms. The quantitative estimate of drug-likeness (QED) is 0.758. The van der Waals surface area contributed by atoms with E-state index < -0.39 is 0 Å². The second-order valence-corrected chi connectivity index (χ2v) is 6.04. The molecule has 0 saturated carbocycles. The van der Waals surface area contributed by atoms with Crippen LogP contribution in [-0.4, -0.2) is 28.4 Å². The van der Waals surface area contributed by atoms with Gasteiger partial charge in [-0.1, -0.05) is 55.9 Å². The van der Waals surface area contributed by atoms with E-state index in [0.29, 0.717) is 35.7 Å². The van der Waals surface area contributed by atoms with Gasteiger partial charge in [-0.25, -0.2) is 0 Å². The van der Waals surface area contributed by atoms with Crippen LogP contribution in [0.2, 0.25) is 0 Å². The van der Waals surface area contributed by atoms with Crippen molar-refractivity contribution < 1.29 is 9.21 Å². The SMILES string of the molecule is CCCNC(=O)CSc1nnc(CC(C)c2ccccc2)o1. The minimum absolute atomic E-state index is 0.00995. The van der Waals surface area contributed by atoms with Crippen LogP contribution in [0.1, 0.15) is 37.6 Å². The molecule has 0 aliphatic rings. The molecule has 1 unspecified atom stereocenters. The Balaban J connectivity index is 1.82. The summed E-state index contributed by atoms with van der Waals surface area (Å²) in [6, 6.07) is 10.2. The van der Waals surface area contributed by atoms with Crippen LogP contribution in [0.15, 0.2) is 40.0 Å². The number of hydrogen-bond acceptors (Lipinski definition) is 5. The van der Waals surface area contributed by atoms with Gasteiger partial charge in [0.15, 0.2) is 0 Å². The Morgan fingerprint density at radius 3 is 2.82 bits per heavy atom. The van der Waals surface area contributed by atoms with E-state index in [9.17, 15) is 4.79 Å². The molecule has 1 atom stereocenters. The fourth-order valence-electron chi connectivity index (χ4n) is 1.98. The van der Waals surface area contributed by atoms with E-state index in [1.165, 1.54) is 17.3 Å². The molecule has 1 heterocycles. The monoisotopic (exact) mass is 319 g/mol. The van der Waals surface area contributed by atoms with Crippen molar-refractivity contribution in [2.75, 3.05) is 12.3 Å². The van der Waals surface area contributed by atoms with Gasteiger partial charge in [-0.3, -0.25) is 4.79 Å². The average Bonchev–Trinajstić information content (AvgIpc) is 2.99. The van der Waals surface area contributed by atoms with Gasteiger partial charge in [0.25, 0.3) is 5.22 Å². The average molecular weight is 319 g/mol. The molecule has 118 valence electrons. The first kappa shape index (κ1) is 16.5. The van der Waals surface area contributed by atoms with Gasteiger partial charge in [-0.2, -0.15) is 0 Å². The van der Waals surface area contributed by atoms with E-state index in [1.807, 2.05) is 25.1 Å². The number of amides is 1. The van der Waals surface area contributed by atoms with Crippen molar-refractivity contribution >= 4 is 17.7 Å². The molecule has 0 spiro atoms. The van der Waals surface area contributed by atoms with E-state index >= 15 is 0 Å². The molecule has 0 fully saturated rings. The van der Waals surface area contributed by atoms with Crippen LogP contribution in [0.3, 0.4) is 0 Å².